The van der Waals surface area contributed by atoms with Crippen LogP contribution >= 0.6 is 27.7 Å². The molecule has 0 saturated carbocycles. The number of thioether (sulfide) groups is 1. The van der Waals surface area contributed by atoms with Crippen LogP contribution in [-0.2, 0) is 0 Å². The fourth-order valence-corrected chi connectivity index (χ4v) is 3.54. The molecule has 0 aliphatic carbocycles. The average Bonchev–Trinajstić information content (AvgIpc) is 2.54. The molecule has 1 unspecified atom stereocenters. The Labute approximate surface area is 118 Å². The molecule has 0 spiro atoms. The van der Waals surface area contributed by atoms with E-state index < -0.39 is 4.92 Å². The van der Waals surface area contributed by atoms with Crippen molar-refractivity contribution in [3.63, 3.8) is 0 Å². The summed E-state index contributed by atoms with van der Waals surface area (Å²) in [5.41, 5.74) is 0.0162. The maximum Gasteiger partial charge on any atom is 0.288 e. The van der Waals surface area contributed by atoms with Gasteiger partial charge < -0.3 is 4.90 Å². The SMILES string of the molecule is CC1CCSCCN1c1ncc([N+](=O)[O-])cc1Br. The van der Waals surface area contributed by atoms with Crippen molar-refractivity contribution in [1.29, 1.82) is 0 Å². The zero-order valence-electron chi connectivity index (χ0n) is 10.0. The summed E-state index contributed by atoms with van der Waals surface area (Å²) >= 11 is 5.33. The van der Waals surface area contributed by atoms with Crippen LogP contribution in [0, 0.1) is 10.1 Å². The van der Waals surface area contributed by atoms with Crippen molar-refractivity contribution in [2.45, 2.75) is 19.4 Å². The maximum atomic E-state index is 10.7. The summed E-state index contributed by atoms with van der Waals surface area (Å²) in [6.07, 6.45) is 2.43. The summed E-state index contributed by atoms with van der Waals surface area (Å²) in [5.74, 6) is 3.02. The Hall–Kier alpha value is -0.820. The Morgan fingerprint density at radius 3 is 3.06 bits per heavy atom. The van der Waals surface area contributed by atoms with E-state index in [4.69, 9.17) is 0 Å². The van der Waals surface area contributed by atoms with Gasteiger partial charge in [0.15, 0.2) is 0 Å². The van der Waals surface area contributed by atoms with Crippen LogP contribution in [-0.4, -0.2) is 34.0 Å². The molecule has 5 nitrogen and oxygen atoms in total. The fourth-order valence-electron chi connectivity index (χ4n) is 1.94. The molecule has 1 aromatic heterocycles. The third kappa shape index (κ3) is 2.95. The third-order valence-electron chi connectivity index (χ3n) is 2.98. The van der Waals surface area contributed by atoms with Crippen molar-refractivity contribution < 1.29 is 4.92 Å². The number of rotatable bonds is 2. The summed E-state index contributed by atoms with van der Waals surface area (Å²) < 4.78 is 0.690. The van der Waals surface area contributed by atoms with Gasteiger partial charge in [-0.1, -0.05) is 0 Å². The maximum absolute atomic E-state index is 10.7. The summed E-state index contributed by atoms with van der Waals surface area (Å²) in [5, 5.41) is 10.7. The molecular formula is C11H14BrN3O2S. The van der Waals surface area contributed by atoms with Gasteiger partial charge in [-0.25, -0.2) is 4.98 Å². The Morgan fingerprint density at radius 2 is 2.39 bits per heavy atom. The second-order valence-electron chi connectivity index (χ2n) is 4.20. The average molecular weight is 332 g/mol. The minimum absolute atomic E-state index is 0.0162. The van der Waals surface area contributed by atoms with E-state index in [0.29, 0.717) is 10.5 Å². The van der Waals surface area contributed by atoms with Gasteiger partial charge in [-0.3, -0.25) is 10.1 Å². The van der Waals surface area contributed by atoms with Crippen molar-refractivity contribution in [2.75, 3.05) is 23.0 Å². The predicted octanol–water partition coefficient (Wildman–Crippen LogP) is 3.08. The van der Waals surface area contributed by atoms with Crippen molar-refractivity contribution in [2.24, 2.45) is 0 Å². The molecule has 1 aliphatic rings. The number of pyridine rings is 1. The van der Waals surface area contributed by atoms with E-state index in [1.165, 1.54) is 12.3 Å². The molecule has 18 heavy (non-hydrogen) atoms. The molecule has 2 heterocycles. The largest absolute Gasteiger partial charge is 0.352 e. The Balaban J connectivity index is 2.29. The molecule has 0 amide bonds. The highest BCUT2D eigenvalue weighted by atomic mass is 79.9. The minimum Gasteiger partial charge on any atom is -0.352 e. The fraction of sp³-hybridized carbons (Fsp3) is 0.545. The van der Waals surface area contributed by atoms with Crippen molar-refractivity contribution in [1.82, 2.24) is 4.98 Å². The predicted molar refractivity (Wildman–Crippen MR) is 77.3 cm³/mol. The van der Waals surface area contributed by atoms with Gasteiger partial charge in [0.05, 0.1) is 9.40 Å². The van der Waals surface area contributed by atoms with Crippen LogP contribution in [0.25, 0.3) is 0 Å². The van der Waals surface area contributed by atoms with Crippen LogP contribution in [0.4, 0.5) is 11.5 Å². The normalized spacial score (nSPS) is 20.6. The van der Waals surface area contributed by atoms with E-state index in [9.17, 15) is 10.1 Å². The molecule has 1 aliphatic heterocycles. The molecule has 0 aromatic carbocycles. The molecule has 1 saturated heterocycles. The summed E-state index contributed by atoms with van der Waals surface area (Å²) in [4.78, 5) is 16.7. The van der Waals surface area contributed by atoms with Crippen LogP contribution in [0.1, 0.15) is 13.3 Å². The van der Waals surface area contributed by atoms with Gasteiger partial charge in [-0.2, -0.15) is 11.8 Å². The van der Waals surface area contributed by atoms with Crippen molar-refractivity contribution in [3.8, 4) is 0 Å². The Morgan fingerprint density at radius 1 is 1.61 bits per heavy atom. The smallest absolute Gasteiger partial charge is 0.288 e. The quantitative estimate of drug-likeness (QED) is 0.615. The number of anilines is 1. The van der Waals surface area contributed by atoms with Gasteiger partial charge >= 0.3 is 0 Å². The number of hydrogen-bond donors (Lipinski definition) is 0. The lowest BCUT2D eigenvalue weighted by atomic mass is 10.2. The number of nitro groups is 1. The monoisotopic (exact) mass is 331 g/mol. The second kappa shape index (κ2) is 5.88. The Kier molecular flexibility index (Phi) is 4.45. The second-order valence-corrected chi connectivity index (χ2v) is 6.28. The minimum atomic E-state index is -0.427. The van der Waals surface area contributed by atoms with Crippen LogP contribution in [0.15, 0.2) is 16.7 Å². The molecule has 0 radical (unpaired) electrons. The van der Waals surface area contributed by atoms with Crippen molar-refractivity contribution >= 4 is 39.2 Å². The van der Waals surface area contributed by atoms with E-state index in [1.54, 1.807) is 0 Å². The summed E-state index contributed by atoms with van der Waals surface area (Å²) in [6.45, 7) is 3.09. The van der Waals surface area contributed by atoms with E-state index in [0.717, 1.165) is 30.3 Å². The van der Waals surface area contributed by atoms with E-state index in [-0.39, 0.29) is 5.69 Å². The molecular weight excluding hydrogens is 318 g/mol. The molecule has 7 heteroatoms. The first kappa shape index (κ1) is 13.6. The first-order valence-electron chi connectivity index (χ1n) is 5.74. The lowest BCUT2D eigenvalue weighted by Gasteiger charge is -2.28. The Bertz CT molecular complexity index is 458. The summed E-state index contributed by atoms with van der Waals surface area (Å²) in [6, 6.07) is 1.93. The van der Waals surface area contributed by atoms with Crippen LogP contribution in [0.3, 0.4) is 0 Å². The summed E-state index contributed by atoms with van der Waals surface area (Å²) in [7, 11) is 0. The highest BCUT2D eigenvalue weighted by molar-refractivity contribution is 9.10. The third-order valence-corrected chi connectivity index (χ3v) is 4.56. The first-order valence-corrected chi connectivity index (χ1v) is 7.68. The van der Waals surface area contributed by atoms with Crippen LogP contribution < -0.4 is 4.90 Å². The van der Waals surface area contributed by atoms with E-state index in [1.807, 2.05) is 11.8 Å². The highest BCUT2D eigenvalue weighted by Crippen LogP contribution is 2.30. The molecule has 0 N–H and O–H groups in total. The van der Waals surface area contributed by atoms with Crippen LogP contribution in [0.2, 0.25) is 0 Å². The molecule has 1 aromatic rings. The lowest BCUT2D eigenvalue weighted by Crippen LogP contribution is -2.34. The zero-order chi connectivity index (χ0) is 13.1. The molecule has 98 valence electrons. The number of halogens is 1. The van der Waals surface area contributed by atoms with Gasteiger partial charge in [0.25, 0.3) is 5.69 Å². The lowest BCUT2D eigenvalue weighted by molar-refractivity contribution is -0.385. The van der Waals surface area contributed by atoms with Gasteiger partial charge in [0, 0.05) is 24.4 Å². The number of aromatic nitrogens is 1. The number of nitrogens with zero attached hydrogens (tertiary/aromatic N) is 3. The van der Waals surface area contributed by atoms with Gasteiger partial charge in [0.1, 0.15) is 12.0 Å². The van der Waals surface area contributed by atoms with Crippen molar-refractivity contribution in [3.05, 3.63) is 26.9 Å². The first-order chi connectivity index (χ1) is 8.59. The number of hydrogen-bond acceptors (Lipinski definition) is 5. The van der Waals surface area contributed by atoms with Gasteiger partial charge in [-0.15, -0.1) is 0 Å². The molecule has 0 bridgehead atoms. The molecule has 1 fully saturated rings. The van der Waals surface area contributed by atoms with Gasteiger partial charge in [0.2, 0.25) is 0 Å². The topological polar surface area (TPSA) is 59.3 Å². The van der Waals surface area contributed by atoms with Gasteiger partial charge in [-0.05, 0) is 35.0 Å². The van der Waals surface area contributed by atoms with E-state index in [2.05, 4.69) is 32.7 Å². The zero-order valence-corrected chi connectivity index (χ0v) is 12.4. The van der Waals surface area contributed by atoms with E-state index >= 15 is 0 Å². The molecule has 2 rings (SSSR count). The van der Waals surface area contributed by atoms with Crippen LogP contribution in [0.5, 0.6) is 0 Å². The highest BCUT2D eigenvalue weighted by Gasteiger charge is 2.22. The molecule has 1 atom stereocenters. The standard InChI is InChI=1S/C11H14BrN3O2S/c1-8-2-4-18-5-3-14(8)11-10(12)6-9(7-13-11)15(16)17/h6-8H,2-5H2,1H3.